The molecule has 0 spiro atoms. The van der Waals surface area contributed by atoms with Gasteiger partial charge in [0.1, 0.15) is 5.75 Å². The van der Waals surface area contributed by atoms with Crippen molar-refractivity contribution in [3.05, 3.63) is 58.4 Å². The van der Waals surface area contributed by atoms with E-state index in [1.54, 1.807) is 31.2 Å². The van der Waals surface area contributed by atoms with E-state index in [2.05, 4.69) is 15.5 Å². The number of aryl methyl sites for hydroxylation is 1. The number of carbonyl (C=O) groups is 1. The van der Waals surface area contributed by atoms with Crippen LogP contribution in [0.5, 0.6) is 5.75 Å². The predicted molar refractivity (Wildman–Crippen MR) is 77.2 cm³/mol. The molecule has 102 valence electrons. The van der Waals surface area contributed by atoms with Gasteiger partial charge in [0.25, 0.3) is 5.91 Å². The molecule has 0 radical (unpaired) electrons. The summed E-state index contributed by atoms with van der Waals surface area (Å²) in [5.74, 6) is -0.279. The number of halogens is 1. The summed E-state index contributed by atoms with van der Waals surface area (Å²) in [6.07, 6.45) is 4.38. The van der Waals surface area contributed by atoms with Crippen molar-refractivity contribution in [1.82, 2.24) is 10.4 Å². The lowest BCUT2D eigenvalue weighted by Gasteiger charge is -2.04. The Hall–Kier alpha value is -2.40. The van der Waals surface area contributed by atoms with Crippen molar-refractivity contribution in [2.45, 2.75) is 6.92 Å². The number of nitrogens with one attached hydrogen (secondary N) is 1. The van der Waals surface area contributed by atoms with Crippen molar-refractivity contribution in [2.75, 3.05) is 0 Å². The summed E-state index contributed by atoms with van der Waals surface area (Å²) in [5, 5.41) is 14.1. The van der Waals surface area contributed by atoms with Gasteiger partial charge in [0, 0.05) is 28.5 Å². The van der Waals surface area contributed by atoms with E-state index in [-0.39, 0.29) is 11.7 Å². The number of rotatable bonds is 3. The van der Waals surface area contributed by atoms with Crippen molar-refractivity contribution in [3.63, 3.8) is 0 Å². The fourth-order valence-corrected chi connectivity index (χ4v) is 1.87. The van der Waals surface area contributed by atoms with E-state index < -0.39 is 0 Å². The normalized spacial score (nSPS) is 10.7. The number of nitrogens with zero attached hydrogens (tertiary/aromatic N) is 2. The van der Waals surface area contributed by atoms with E-state index in [1.807, 2.05) is 0 Å². The zero-order valence-electron chi connectivity index (χ0n) is 10.7. The first-order chi connectivity index (χ1) is 9.58. The van der Waals surface area contributed by atoms with Crippen LogP contribution in [0.15, 0.2) is 41.8 Å². The topological polar surface area (TPSA) is 74.6 Å². The highest BCUT2D eigenvalue weighted by Crippen LogP contribution is 2.24. The van der Waals surface area contributed by atoms with Gasteiger partial charge in [-0.15, -0.1) is 0 Å². The SMILES string of the molecule is Cc1cc(Cl)cc(C=NNC(=O)c2ccncc2)c1O. The Morgan fingerprint density at radius 2 is 2.10 bits per heavy atom. The molecule has 0 aliphatic heterocycles. The number of carbonyl (C=O) groups excluding carboxylic acids is 1. The molecule has 0 atom stereocenters. The largest absolute Gasteiger partial charge is 0.507 e. The van der Waals surface area contributed by atoms with Crippen molar-refractivity contribution >= 4 is 23.7 Å². The first-order valence-electron chi connectivity index (χ1n) is 5.80. The average molecular weight is 290 g/mol. The molecule has 20 heavy (non-hydrogen) atoms. The zero-order chi connectivity index (χ0) is 14.5. The Bertz CT molecular complexity index is 657. The number of phenols is 1. The Balaban J connectivity index is 2.10. The van der Waals surface area contributed by atoms with Crippen molar-refractivity contribution in [3.8, 4) is 5.75 Å². The predicted octanol–water partition coefficient (Wildman–Crippen LogP) is 2.51. The standard InChI is InChI=1S/C14H12ClN3O2/c1-9-6-12(15)7-11(13(9)19)8-17-18-14(20)10-2-4-16-5-3-10/h2-8,19H,1H3,(H,18,20). The van der Waals surface area contributed by atoms with E-state index in [0.717, 1.165) is 0 Å². The van der Waals surface area contributed by atoms with Gasteiger partial charge in [-0.2, -0.15) is 5.10 Å². The molecule has 1 aromatic heterocycles. The van der Waals surface area contributed by atoms with Crippen LogP contribution >= 0.6 is 11.6 Å². The van der Waals surface area contributed by atoms with Gasteiger partial charge in [-0.05, 0) is 36.8 Å². The molecule has 2 rings (SSSR count). The van der Waals surface area contributed by atoms with Crippen LogP contribution in [0.2, 0.25) is 5.02 Å². The lowest BCUT2D eigenvalue weighted by molar-refractivity contribution is 0.0955. The second-order valence-electron chi connectivity index (χ2n) is 4.10. The summed E-state index contributed by atoms with van der Waals surface area (Å²) >= 11 is 5.89. The lowest BCUT2D eigenvalue weighted by atomic mass is 10.1. The Morgan fingerprint density at radius 1 is 1.40 bits per heavy atom. The maximum Gasteiger partial charge on any atom is 0.271 e. The van der Waals surface area contributed by atoms with Crippen molar-refractivity contribution in [1.29, 1.82) is 0 Å². The molecule has 0 aliphatic carbocycles. The summed E-state index contributed by atoms with van der Waals surface area (Å²) in [5.41, 5.74) is 3.88. The molecule has 2 N–H and O–H groups in total. The minimum Gasteiger partial charge on any atom is -0.507 e. The van der Waals surface area contributed by atoms with Crippen LogP contribution in [0.3, 0.4) is 0 Å². The number of aromatic hydroxyl groups is 1. The van der Waals surface area contributed by atoms with Crippen LogP contribution in [0.4, 0.5) is 0 Å². The number of hydrazone groups is 1. The summed E-state index contributed by atoms with van der Waals surface area (Å²) in [7, 11) is 0. The molecule has 5 nitrogen and oxygen atoms in total. The zero-order valence-corrected chi connectivity index (χ0v) is 11.4. The van der Waals surface area contributed by atoms with Gasteiger partial charge in [-0.25, -0.2) is 5.43 Å². The third-order valence-electron chi connectivity index (χ3n) is 2.61. The number of benzene rings is 1. The van der Waals surface area contributed by atoms with Crippen LogP contribution in [0.25, 0.3) is 0 Å². The van der Waals surface area contributed by atoms with E-state index in [1.165, 1.54) is 18.6 Å². The minimum atomic E-state index is -0.359. The van der Waals surface area contributed by atoms with Gasteiger partial charge >= 0.3 is 0 Å². The molecule has 6 heteroatoms. The summed E-state index contributed by atoms with van der Waals surface area (Å²) < 4.78 is 0. The lowest BCUT2D eigenvalue weighted by Crippen LogP contribution is -2.17. The third kappa shape index (κ3) is 3.33. The Kier molecular flexibility index (Phi) is 4.32. The molecule has 0 unspecified atom stereocenters. The fraction of sp³-hybridized carbons (Fsp3) is 0.0714. The number of pyridine rings is 1. The van der Waals surface area contributed by atoms with E-state index in [9.17, 15) is 9.90 Å². The molecule has 0 bridgehead atoms. The number of amides is 1. The molecule has 0 fully saturated rings. The second kappa shape index (κ2) is 6.16. The van der Waals surface area contributed by atoms with Crippen LogP contribution < -0.4 is 5.43 Å². The summed E-state index contributed by atoms with van der Waals surface area (Å²) in [6, 6.07) is 6.35. The molecule has 2 aromatic rings. The number of aromatic nitrogens is 1. The van der Waals surface area contributed by atoms with Crippen molar-refractivity contribution < 1.29 is 9.90 Å². The van der Waals surface area contributed by atoms with Crippen LogP contribution in [-0.2, 0) is 0 Å². The smallest absolute Gasteiger partial charge is 0.271 e. The Morgan fingerprint density at radius 3 is 2.80 bits per heavy atom. The van der Waals surface area contributed by atoms with Gasteiger partial charge in [0.15, 0.2) is 0 Å². The van der Waals surface area contributed by atoms with Gasteiger partial charge in [-0.3, -0.25) is 9.78 Å². The molecular weight excluding hydrogens is 278 g/mol. The van der Waals surface area contributed by atoms with Gasteiger partial charge in [-0.1, -0.05) is 11.6 Å². The van der Waals surface area contributed by atoms with Crippen LogP contribution in [0, 0.1) is 6.92 Å². The summed E-state index contributed by atoms with van der Waals surface area (Å²) in [6.45, 7) is 1.73. The second-order valence-corrected chi connectivity index (χ2v) is 4.53. The molecule has 1 aromatic carbocycles. The number of hydrogen-bond acceptors (Lipinski definition) is 4. The fourth-order valence-electron chi connectivity index (χ4n) is 1.59. The van der Waals surface area contributed by atoms with E-state index >= 15 is 0 Å². The maximum atomic E-state index is 11.7. The van der Waals surface area contributed by atoms with Gasteiger partial charge in [0.2, 0.25) is 0 Å². The molecule has 0 aliphatic rings. The highest BCUT2D eigenvalue weighted by atomic mass is 35.5. The molecule has 0 saturated heterocycles. The highest BCUT2D eigenvalue weighted by molar-refractivity contribution is 6.31. The Labute approximate surface area is 120 Å². The molecule has 1 heterocycles. The van der Waals surface area contributed by atoms with Gasteiger partial charge in [0.05, 0.1) is 6.21 Å². The minimum absolute atomic E-state index is 0.0799. The van der Waals surface area contributed by atoms with Crippen LogP contribution in [0.1, 0.15) is 21.5 Å². The molecular formula is C14H12ClN3O2. The van der Waals surface area contributed by atoms with Crippen molar-refractivity contribution in [2.24, 2.45) is 5.10 Å². The number of hydrogen-bond donors (Lipinski definition) is 2. The first-order valence-corrected chi connectivity index (χ1v) is 6.18. The quantitative estimate of drug-likeness (QED) is 0.673. The van der Waals surface area contributed by atoms with Crippen LogP contribution in [-0.4, -0.2) is 22.2 Å². The summed E-state index contributed by atoms with van der Waals surface area (Å²) in [4.78, 5) is 15.5. The average Bonchev–Trinajstić information content (AvgIpc) is 2.44. The monoisotopic (exact) mass is 289 g/mol. The highest BCUT2D eigenvalue weighted by Gasteiger charge is 2.05. The van der Waals surface area contributed by atoms with E-state index in [0.29, 0.717) is 21.7 Å². The van der Waals surface area contributed by atoms with Gasteiger partial charge < -0.3 is 5.11 Å². The first kappa shape index (κ1) is 14.0. The molecule has 1 amide bonds. The van der Waals surface area contributed by atoms with E-state index in [4.69, 9.17) is 11.6 Å². The maximum absolute atomic E-state index is 11.7. The number of phenolic OH excluding ortho intramolecular Hbond substituents is 1. The third-order valence-corrected chi connectivity index (χ3v) is 2.83. The molecule has 0 saturated carbocycles.